The topological polar surface area (TPSA) is 52.9 Å². The zero-order chi connectivity index (χ0) is 16.5. The second-order valence-electron chi connectivity index (χ2n) is 6.83. The molecule has 0 radical (unpaired) electrons. The number of fused-ring (bicyclic) bond motifs is 3. The quantitative estimate of drug-likeness (QED) is 0.921. The van der Waals surface area contributed by atoms with Gasteiger partial charge in [-0.15, -0.1) is 0 Å². The Morgan fingerprint density at radius 3 is 2.71 bits per heavy atom. The van der Waals surface area contributed by atoms with Gasteiger partial charge in [-0.1, -0.05) is 54.6 Å². The molecule has 2 aromatic carbocycles. The highest BCUT2D eigenvalue weighted by Crippen LogP contribution is 2.56. The summed E-state index contributed by atoms with van der Waals surface area (Å²) in [5, 5.41) is 12.5. The van der Waals surface area contributed by atoms with Crippen molar-refractivity contribution in [3.8, 4) is 6.07 Å². The van der Waals surface area contributed by atoms with E-state index in [1.807, 2.05) is 30.3 Å². The molecule has 0 unspecified atom stereocenters. The van der Waals surface area contributed by atoms with E-state index in [0.717, 1.165) is 12.8 Å². The molecule has 0 heterocycles. The summed E-state index contributed by atoms with van der Waals surface area (Å²) < 4.78 is 0. The van der Waals surface area contributed by atoms with Gasteiger partial charge in [-0.2, -0.15) is 5.26 Å². The highest BCUT2D eigenvalue weighted by atomic mass is 16.2. The predicted octanol–water partition coefficient (Wildman–Crippen LogP) is 3.21. The average molecular weight is 316 g/mol. The minimum atomic E-state index is -0.568. The molecule has 4 rings (SSSR count). The number of nitriles is 1. The first-order valence-electron chi connectivity index (χ1n) is 8.59. The Kier molecular flexibility index (Phi) is 3.82. The van der Waals surface area contributed by atoms with E-state index in [-0.39, 0.29) is 11.9 Å². The van der Waals surface area contributed by atoms with Gasteiger partial charge < -0.3 is 5.32 Å². The van der Waals surface area contributed by atoms with Crippen LogP contribution in [0.3, 0.4) is 0 Å². The Labute approximate surface area is 142 Å². The normalized spacial score (nSPS) is 24.4. The van der Waals surface area contributed by atoms with Gasteiger partial charge in [0.2, 0.25) is 5.91 Å². The fourth-order valence-corrected chi connectivity index (χ4v) is 4.02. The molecule has 0 aromatic heterocycles. The number of amides is 1. The van der Waals surface area contributed by atoms with Gasteiger partial charge in [0.1, 0.15) is 5.92 Å². The van der Waals surface area contributed by atoms with Crippen LogP contribution in [-0.2, 0) is 17.6 Å². The molecule has 2 aliphatic carbocycles. The summed E-state index contributed by atoms with van der Waals surface area (Å²) in [7, 11) is 0. The molecule has 2 aliphatic rings. The van der Waals surface area contributed by atoms with E-state index in [1.54, 1.807) is 0 Å². The highest BCUT2D eigenvalue weighted by molar-refractivity contribution is 5.82. The number of nitrogens with one attached hydrogen (secondary N) is 1. The minimum Gasteiger partial charge on any atom is -0.351 e. The third-order valence-electron chi connectivity index (χ3n) is 5.38. The number of hydrogen-bond acceptors (Lipinski definition) is 2. The molecule has 3 nitrogen and oxygen atoms in total. The lowest BCUT2D eigenvalue weighted by Crippen LogP contribution is -2.34. The molecule has 0 bridgehead atoms. The molecule has 1 N–H and O–H groups in total. The lowest BCUT2D eigenvalue weighted by molar-refractivity contribution is -0.123. The van der Waals surface area contributed by atoms with Crippen molar-refractivity contribution in [3.63, 3.8) is 0 Å². The van der Waals surface area contributed by atoms with Crippen molar-refractivity contribution in [3.05, 3.63) is 71.3 Å². The molecule has 2 aromatic rings. The van der Waals surface area contributed by atoms with Gasteiger partial charge in [0.15, 0.2) is 0 Å². The molecule has 1 saturated carbocycles. The third-order valence-corrected chi connectivity index (χ3v) is 5.38. The summed E-state index contributed by atoms with van der Waals surface area (Å²) in [6.07, 6.45) is 2.38. The maximum absolute atomic E-state index is 12.5. The Morgan fingerprint density at radius 2 is 1.92 bits per heavy atom. The number of carbonyl (C=O) groups is 1. The fraction of sp³-hybridized carbons (Fsp3) is 0.333. The number of aryl methyl sites for hydroxylation is 1. The summed E-state index contributed by atoms with van der Waals surface area (Å²) in [6.45, 7) is 0. The molecule has 1 fully saturated rings. The van der Waals surface area contributed by atoms with Crippen molar-refractivity contribution in [1.29, 1.82) is 5.26 Å². The van der Waals surface area contributed by atoms with E-state index in [9.17, 15) is 10.1 Å². The summed E-state index contributed by atoms with van der Waals surface area (Å²) in [5.74, 6) is 0.311. The van der Waals surface area contributed by atoms with Crippen LogP contribution in [0.1, 0.15) is 29.0 Å². The fourth-order valence-electron chi connectivity index (χ4n) is 4.02. The largest absolute Gasteiger partial charge is 0.351 e. The van der Waals surface area contributed by atoms with Crippen LogP contribution in [0.4, 0.5) is 0 Å². The van der Waals surface area contributed by atoms with Crippen LogP contribution in [0.5, 0.6) is 0 Å². The smallest absolute Gasteiger partial charge is 0.237 e. The number of rotatable bonds is 5. The summed E-state index contributed by atoms with van der Waals surface area (Å²) in [6, 6.07) is 20.9. The van der Waals surface area contributed by atoms with Gasteiger partial charge in [0.25, 0.3) is 0 Å². The van der Waals surface area contributed by atoms with Crippen LogP contribution in [-0.4, -0.2) is 11.9 Å². The van der Waals surface area contributed by atoms with Crippen LogP contribution in [0, 0.1) is 23.2 Å². The van der Waals surface area contributed by atoms with E-state index < -0.39 is 5.92 Å². The number of carbonyl (C=O) groups excluding carboxylic acids is 1. The highest BCUT2D eigenvalue weighted by Gasteiger charge is 2.56. The van der Waals surface area contributed by atoms with Crippen LogP contribution >= 0.6 is 0 Å². The minimum absolute atomic E-state index is 0.106. The van der Waals surface area contributed by atoms with Crippen LogP contribution in [0.15, 0.2) is 54.6 Å². The number of hydrogen-bond donors (Lipinski definition) is 1. The number of nitrogens with zero attached hydrogens (tertiary/aromatic N) is 1. The summed E-state index contributed by atoms with van der Waals surface area (Å²) in [5.41, 5.74) is 3.97. The van der Waals surface area contributed by atoms with Gasteiger partial charge >= 0.3 is 0 Å². The molecule has 0 spiro atoms. The van der Waals surface area contributed by atoms with Crippen LogP contribution < -0.4 is 5.32 Å². The maximum Gasteiger partial charge on any atom is 0.237 e. The molecule has 24 heavy (non-hydrogen) atoms. The zero-order valence-corrected chi connectivity index (χ0v) is 13.5. The number of benzene rings is 2. The standard InChI is InChI=1S/C21H20N2O/c22-13-16(11-10-14-6-2-1-3-7-14)21(24)23-20-18-12-15-8-4-5-9-17(15)19(18)20/h1-9,16,18-20H,10-12H2,(H,23,24)/t16-,18-,19+,20+/m0/s1. The molecule has 3 heteroatoms. The summed E-state index contributed by atoms with van der Waals surface area (Å²) in [4.78, 5) is 12.5. The molecule has 0 saturated heterocycles. The van der Waals surface area contributed by atoms with E-state index in [0.29, 0.717) is 18.3 Å². The van der Waals surface area contributed by atoms with E-state index >= 15 is 0 Å². The monoisotopic (exact) mass is 316 g/mol. The lowest BCUT2D eigenvalue weighted by atomic mass is 9.99. The Morgan fingerprint density at radius 1 is 1.17 bits per heavy atom. The Bertz CT molecular complexity index is 793. The predicted molar refractivity (Wildman–Crippen MR) is 92.2 cm³/mol. The molecule has 4 atom stereocenters. The maximum atomic E-state index is 12.5. The second-order valence-corrected chi connectivity index (χ2v) is 6.83. The Hall–Kier alpha value is -2.60. The van der Waals surface area contributed by atoms with Crippen molar-refractivity contribution in [1.82, 2.24) is 5.32 Å². The van der Waals surface area contributed by atoms with Gasteiger partial charge in [-0.05, 0) is 41.9 Å². The Balaban J connectivity index is 1.34. The van der Waals surface area contributed by atoms with Gasteiger partial charge in [0, 0.05) is 12.0 Å². The molecular formula is C21H20N2O. The second kappa shape index (κ2) is 6.13. The molecule has 1 amide bonds. The van der Waals surface area contributed by atoms with Crippen molar-refractivity contribution < 1.29 is 4.79 Å². The van der Waals surface area contributed by atoms with Gasteiger partial charge in [-0.3, -0.25) is 4.79 Å². The first-order valence-corrected chi connectivity index (χ1v) is 8.59. The summed E-state index contributed by atoms with van der Waals surface area (Å²) >= 11 is 0. The van der Waals surface area contributed by atoms with Crippen molar-refractivity contribution >= 4 is 5.91 Å². The van der Waals surface area contributed by atoms with Crippen molar-refractivity contribution in [2.75, 3.05) is 0 Å². The van der Waals surface area contributed by atoms with Crippen LogP contribution in [0.25, 0.3) is 0 Å². The van der Waals surface area contributed by atoms with Crippen molar-refractivity contribution in [2.45, 2.75) is 31.2 Å². The lowest BCUT2D eigenvalue weighted by Gasteiger charge is -2.13. The first kappa shape index (κ1) is 15.0. The molecule has 0 aliphatic heterocycles. The van der Waals surface area contributed by atoms with E-state index in [1.165, 1.54) is 16.7 Å². The van der Waals surface area contributed by atoms with Gasteiger partial charge in [-0.25, -0.2) is 0 Å². The molecule has 120 valence electrons. The van der Waals surface area contributed by atoms with Crippen molar-refractivity contribution in [2.24, 2.45) is 11.8 Å². The SMILES string of the molecule is N#C[C@H](CCc1ccccc1)C(=O)N[C@@H]1[C@H]2Cc3ccccc3[C@H]21. The van der Waals surface area contributed by atoms with E-state index in [4.69, 9.17) is 0 Å². The van der Waals surface area contributed by atoms with Gasteiger partial charge in [0.05, 0.1) is 6.07 Å². The molecular weight excluding hydrogens is 296 g/mol. The van der Waals surface area contributed by atoms with E-state index in [2.05, 4.69) is 35.7 Å². The average Bonchev–Trinajstić information content (AvgIpc) is 3.13. The van der Waals surface area contributed by atoms with Crippen LogP contribution in [0.2, 0.25) is 0 Å². The first-order chi connectivity index (χ1) is 11.8. The zero-order valence-electron chi connectivity index (χ0n) is 13.5. The third kappa shape index (κ3) is 2.69.